The van der Waals surface area contributed by atoms with Crippen LogP contribution < -0.4 is 4.74 Å². The summed E-state index contributed by atoms with van der Waals surface area (Å²) < 4.78 is 6.60. The van der Waals surface area contributed by atoms with Gasteiger partial charge in [-0.2, -0.15) is 9.78 Å². The molecular formula is C17H16N4O3S. The van der Waals surface area contributed by atoms with E-state index in [1.165, 1.54) is 17.9 Å². The van der Waals surface area contributed by atoms with Crippen molar-refractivity contribution in [3.63, 3.8) is 0 Å². The second-order valence-corrected chi connectivity index (χ2v) is 5.65. The number of ether oxygens (including phenoxy) is 1. The van der Waals surface area contributed by atoms with Crippen LogP contribution in [0.5, 0.6) is 17.2 Å². The Kier molecular flexibility index (Phi) is 4.90. The first-order valence-corrected chi connectivity index (χ1v) is 7.84. The SMILES string of the molecule is COc1cc(/C=N/n2c(S)nnc2Cc2ccc(O)cc2)ccc1O. The molecule has 8 heteroatoms. The topological polar surface area (TPSA) is 92.8 Å². The van der Waals surface area contributed by atoms with Gasteiger partial charge >= 0.3 is 0 Å². The average Bonchev–Trinajstić information content (AvgIpc) is 2.96. The summed E-state index contributed by atoms with van der Waals surface area (Å²) in [4.78, 5) is 0. The summed E-state index contributed by atoms with van der Waals surface area (Å²) in [5, 5.41) is 31.7. The van der Waals surface area contributed by atoms with Crippen LogP contribution in [0.3, 0.4) is 0 Å². The third-order valence-electron chi connectivity index (χ3n) is 3.51. The molecule has 0 aliphatic heterocycles. The predicted molar refractivity (Wildman–Crippen MR) is 95.8 cm³/mol. The zero-order valence-electron chi connectivity index (χ0n) is 13.4. The number of aromatic hydroxyl groups is 2. The van der Waals surface area contributed by atoms with E-state index in [9.17, 15) is 10.2 Å². The number of rotatable bonds is 5. The Bertz CT molecular complexity index is 907. The summed E-state index contributed by atoms with van der Waals surface area (Å²) >= 11 is 4.27. The molecule has 25 heavy (non-hydrogen) atoms. The van der Waals surface area contributed by atoms with Crippen molar-refractivity contribution in [2.45, 2.75) is 11.6 Å². The maximum atomic E-state index is 9.63. The Morgan fingerprint density at radius 3 is 2.64 bits per heavy atom. The first kappa shape index (κ1) is 16.8. The summed E-state index contributed by atoms with van der Waals surface area (Å²) in [5.41, 5.74) is 1.70. The summed E-state index contributed by atoms with van der Waals surface area (Å²) in [6, 6.07) is 11.8. The van der Waals surface area contributed by atoms with Gasteiger partial charge in [0.05, 0.1) is 13.3 Å². The molecule has 0 saturated heterocycles. The molecule has 2 N–H and O–H groups in total. The zero-order chi connectivity index (χ0) is 17.8. The van der Waals surface area contributed by atoms with Crippen LogP contribution >= 0.6 is 12.6 Å². The highest BCUT2D eigenvalue weighted by Crippen LogP contribution is 2.25. The number of benzene rings is 2. The van der Waals surface area contributed by atoms with Crippen LogP contribution in [-0.2, 0) is 6.42 Å². The van der Waals surface area contributed by atoms with E-state index < -0.39 is 0 Å². The zero-order valence-corrected chi connectivity index (χ0v) is 14.3. The van der Waals surface area contributed by atoms with Crippen molar-refractivity contribution in [1.82, 2.24) is 14.9 Å². The molecule has 0 saturated carbocycles. The summed E-state index contributed by atoms with van der Waals surface area (Å²) in [7, 11) is 1.48. The third kappa shape index (κ3) is 3.92. The van der Waals surface area contributed by atoms with E-state index in [2.05, 4.69) is 27.9 Å². The highest BCUT2D eigenvalue weighted by molar-refractivity contribution is 7.80. The fourth-order valence-corrected chi connectivity index (χ4v) is 2.44. The second kappa shape index (κ2) is 7.27. The molecule has 7 nitrogen and oxygen atoms in total. The van der Waals surface area contributed by atoms with Crippen LogP contribution in [0.1, 0.15) is 17.0 Å². The van der Waals surface area contributed by atoms with Gasteiger partial charge in [0, 0.05) is 6.42 Å². The molecule has 0 radical (unpaired) electrons. The lowest BCUT2D eigenvalue weighted by molar-refractivity contribution is 0.373. The molecule has 0 bridgehead atoms. The van der Waals surface area contributed by atoms with Crippen LogP contribution in [0, 0.1) is 0 Å². The molecule has 0 amide bonds. The fraction of sp³-hybridized carbons (Fsp3) is 0.118. The maximum Gasteiger partial charge on any atom is 0.208 e. The van der Waals surface area contributed by atoms with Crippen molar-refractivity contribution in [2.75, 3.05) is 7.11 Å². The van der Waals surface area contributed by atoms with Crippen molar-refractivity contribution >= 4 is 18.8 Å². The smallest absolute Gasteiger partial charge is 0.208 e. The average molecular weight is 356 g/mol. The Labute approximate surface area is 149 Å². The van der Waals surface area contributed by atoms with Crippen LogP contribution in [0.25, 0.3) is 0 Å². The normalized spacial score (nSPS) is 11.1. The van der Waals surface area contributed by atoms with E-state index in [-0.39, 0.29) is 11.5 Å². The first-order valence-electron chi connectivity index (χ1n) is 7.39. The highest BCUT2D eigenvalue weighted by atomic mass is 32.1. The number of methoxy groups -OCH3 is 1. The van der Waals surface area contributed by atoms with Gasteiger partial charge in [-0.3, -0.25) is 0 Å². The second-order valence-electron chi connectivity index (χ2n) is 5.25. The molecule has 0 aliphatic carbocycles. The maximum absolute atomic E-state index is 9.63. The van der Waals surface area contributed by atoms with E-state index in [0.29, 0.717) is 23.2 Å². The van der Waals surface area contributed by atoms with Crippen LogP contribution in [0.4, 0.5) is 0 Å². The van der Waals surface area contributed by atoms with Crippen molar-refractivity contribution < 1.29 is 14.9 Å². The molecule has 2 aromatic carbocycles. The number of hydrogen-bond donors (Lipinski definition) is 3. The minimum absolute atomic E-state index is 0.0619. The summed E-state index contributed by atoms with van der Waals surface area (Å²) in [5.74, 6) is 1.24. The lowest BCUT2D eigenvalue weighted by Gasteiger charge is -2.05. The van der Waals surface area contributed by atoms with E-state index >= 15 is 0 Å². The third-order valence-corrected chi connectivity index (χ3v) is 3.79. The lowest BCUT2D eigenvalue weighted by atomic mass is 10.1. The van der Waals surface area contributed by atoms with Gasteiger partial charge in [0.15, 0.2) is 17.3 Å². The molecule has 128 valence electrons. The summed E-state index contributed by atoms with van der Waals surface area (Å²) in [6.07, 6.45) is 2.09. The monoisotopic (exact) mass is 356 g/mol. The van der Waals surface area contributed by atoms with E-state index in [4.69, 9.17) is 4.74 Å². The Balaban J connectivity index is 1.85. The van der Waals surface area contributed by atoms with Gasteiger partial charge in [0.25, 0.3) is 0 Å². The number of aromatic nitrogens is 3. The van der Waals surface area contributed by atoms with Gasteiger partial charge in [-0.05, 0) is 41.5 Å². The molecule has 0 aliphatic rings. The van der Waals surface area contributed by atoms with E-state index in [0.717, 1.165) is 11.1 Å². The molecule has 0 spiro atoms. The molecule has 1 heterocycles. The molecule has 0 atom stereocenters. The number of nitrogens with zero attached hydrogens (tertiary/aromatic N) is 4. The molecule has 1 aromatic heterocycles. The quantitative estimate of drug-likeness (QED) is 0.482. The Morgan fingerprint density at radius 2 is 1.92 bits per heavy atom. The predicted octanol–water partition coefficient (Wildman–Crippen LogP) is 2.46. The van der Waals surface area contributed by atoms with Crippen LogP contribution in [-0.4, -0.2) is 38.4 Å². The molecule has 3 rings (SSSR count). The number of hydrogen-bond acceptors (Lipinski definition) is 7. The standard InChI is InChI=1S/C17H16N4O3S/c1-24-15-8-12(4-7-14(15)23)10-18-21-16(19-20-17(21)25)9-11-2-5-13(22)6-3-11/h2-8,10,22-23H,9H2,1H3,(H,20,25)/b18-10+. The van der Waals surface area contributed by atoms with Gasteiger partial charge in [-0.15, -0.1) is 22.8 Å². The minimum atomic E-state index is 0.0619. The van der Waals surface area contributed by atoms with Crippen LogP contribution in [0.2, 0.25) is 0 Å². The van der Waals surface area contributed by atoms with Gasteiger partial charge in [0.2, 0.25) is 5.16 Å². The van der Waals surface area contributed by atoms with Gasteiger partial charge < -0.3 is 14.9 Å². The number of phenolic OH excluding ortho intramolecular Hbond substituents is 2. The van der Waals surface area contributed by atoms with E-state index in [1.54, 1.807) is 42.6 Å². The van der Waals surface area contributed by atoms with Crippen molar-refractivity contribution in [3.05, 3.63) is 59.4 Å². The van der Waals surface area contributed by atoms with Crippen molar-refractivity contribution in [2.24, 2.45) is 5.10 Å². The van der Waals surface area contributed by atoms with Gasteiger partial charge in [0.1, 0.15) is 5.75 Å². The Morgan fingerprint density at radius 1 is 1.16 bits per heavy atom. The first-order chi connectivity index (χ1) is 12.1. The number of phenols is 2. The Hall–Kier alpha value is -3.00. The van der Waals surface area contributed by atoms with Gasteiger partial charge in [-0.25, -0.2) is 0 Å². The largest absolute Gasteiger partial charge is 0.508 e. The molecule has 0 fully saturated rings. The van der Waals surface area contributed by atoms with Gasteiger partial charge in [-0.1, -0.05) is 12.1 Å². The number of thiol groups is 1. The highest BCUT2D eigenvalue weighted by Gasteiger charge is 2.09. The molecule has 3 aromatic rings. The minimum Gasteiger partial charge on any atom is -0.508 e. The van der Waals surface area contributed by atoms with Crippen molar-refractivity contribution in [1.29, 1.82) is 0 Å². The van der Waals surface area contributed by atoms with Crippen LogP contribution in [0.15, 0.2) is 52.7 Å². The van der Waals surface area contributed by atoms with Crippen molar-refractivity contribution in [3.8, 4) is 17.2 Å². The molecular weight excluding hydrogens is 340 g/mol. The lowest BCUT2D eigenvalue weighted by Crippen LogP contribution is -2.01. The summed E-state index contributed by atoms with van der Waals surface area (Å²) in [6.45, 7) is 0. The molecule has 0 unspecified atom stereocenters. The fourth-order valence-electron chi connectivity index (χ4n) is 2.23. The van der Waals surface area contributed by atoms with E-state index in [1.807, 2.05) is 0 Å².